The topological polar surface area (TPSA) is 0 Å². The van der Waals surface area contributed by atoms with Crippen molar-refractivity contribution >= 4 is 21.5 Å². The van der Waals surface area contributed by atoms with Crippen molar-refractivity contribution in [2.24, 2.45) is 0 Å². The van der Waals surface area contributed by atoms with Crippen molar-refractivity contribution in [2.75, 3.05) is 0 Å². The highest BCUT2D eigenvalue weighted by Gasteiger charge is 2.19. The zero-order valence-electron chi connectivity index (χ0n) is 30.9. The molecule has 0 heterocycles. The molecule has 0 amide bonds. The van der Waals surface area contributed by atoms with Crippen LogP contribution in [0, 0.1) is 0 Å². The maximum absolute atomic E-state index is 2.39. The van der Waals surface area contributed by atoms with Crippen LogP contribution in [0.4, 0.5) is 0 Å². The van der Waals surface area contributed by atoms with Gasteiger partial charge in [0.05, 0.1) is 0 Å². The van der Waals surface area contributed by atoms with Crippen molar-refractivity contribution < 1.29 is 0 Å². The van der Waals surface area contributed by atoms with Crippen molar-refractivity contribution in [1.82, 2.24) is 0 Å². The molecular formula is C56H38. The number of hydrogen-bond acceptors (Lipinski definition) is 0. The summed E-state index contributed by atoms with van der Waals surface area (Å²) in [6.07, 6.45) is 0. The molecule has 10 aromatic carbocycles. The second-order valence-electron chi connectivity index (χ2n) is 14.4. The molecule has 0 aliphatic rings. The van der Waals surface area contributed by atoms with E-state index in [-0.39, 0.29) is 0 Å². The summed E-state index contributed by atoms with van der Waals surface area (Å²) < 4.78 is 0. The second kappa shape index (κ2) is 14.5. The normalized spacial score (nSPS) is 11.2. The number of benzene rings is 10. The van der Waals surface area contributed by atoms with Gasteiger partial charge in [0.2, 0.25) is 0 Å². The van der Waals surface area contributed by atoms with E-state index in [1.807, 2.05) is 0 Å². The van der Waals surface area contributed by atoms with Gasteiger partial charge in [-0.15, -0.1) is 0 Å². The van der Waals surface area contributed by atoms with E-state index < -0.39 is 0 Å². The first-order valence-electron chi connectivity index (χ1n) is 19.3. The lowest BCUT2D eigenvalue weighted by atomic mass is 9.83. The van der Waals surface area contributed by atoms with Crippen molar-refractivity contribution in [2.45, 2.75) is 0 Å². The molecule has 0 aliphatic carbocycles. The molecule has 10 aromatic rings. The summed E-state index contributed by atoms with van der Waals surface area (Å²) in [4.78, 5) is 0. The third-order valence-electron chi connectivity index (χ3n) is 11.0. The van der Waals surface area contributed by atoms with Crippen LogP contribution in [0.15, 0.2) is 231 Å². The first kappa shape index (κ1) is 33.3. The lowest BCUT2D eigenvalue weighted by Gasteiger charge is -2.20. The van der Waals surface area contributed by atoms with Crippen LogP contribution in [-0.2, 0) is 0 Å². The average molecular weight is 711 g/mol. The highest BCUT2D eigenvalue weighted by molar-refractivity contribution is 6.22. The van der Waals surface area contributed by atoms with Gasteiger partial charge >= 0.3 is 0 Å². The van der Waals surface area contributed by atoms with Gasteiger partial charge in [0.15, 0.2) is 0 Å². The Bertz CT molecular complexity index is 2940. The van der Waals surface area contributed by atoms with E-state index >= 15 is 0 Å². The van der Waals surface area contributed by atoms with Gasteiger partial charge in [0, 0.05) is 0 Å². The third-order valence-corrected chi connectivity index (χ3v) is 11.0. The molecule has 262 valence electrons. The van der Waals surface area contributed by atoms with Gasteiger partial charge in [-0.25, -0.2) is 0 Å². The zero-order chi connectivity index (χ0) is 37.3. The van der Waals surface area contributed by atoms with Crippen LogP contribution in [0.25, 0.3) is 99.4 Å². The fraction of sp³-hybridized carbons (Fsp3) is 0. The van der Waals surface area contributed by atoms with Crippen molar-refractivity contribution in [3.63, 3.8) is 0 Å². The Labute approximate surface area is 328 Å². The van der Waals surface area contributed by atoms with Gasteiger partial charge in [-0.05, 0) is 130 Å². The molecule has 10 rings (SSSR count). The van der Waals surface area contributed by atoms with E-state index in [4.69, 9.17) is 0 Å². The Hall–Kier alpha value is -7.28. The molecular weight excluding hydrogens is 673 g/mol. The largest absolute Gasteiger partial charge is 0.0622 e. The van der Waals surface area contributed by atoms with Crippen molar-refractivity contribution in [3.05, 3.63) is 231 Å². The molecule has 56 heavy (non-hydrogen) atoms. The third kappa shape index (κ3) is 6.18. The van der Waals surface area contributed by atoms with E-state index in [1.54, 1.807) is 0 Å². The molecule has 0 nitrogen and oxygen atoms in total. The molecule has 0 atom stereocenters. The van der Waals surface area contributed by atoms with Crippen LogP contribution in [0.2, 0.25) is 0 Å². The maximum atomic E-state index is 2.39. The zero-order valence-corrected chi connectivity index (χ0v) is 30.9. The van der Waals surface area contributed by atoms with E-state index in [2.05, 4.69) is 231 Å². The molecule has 0 aromatic heterocycles. The number of fused-ring (bicyclic) bond motifs is 2. The van der Waals surface area contributed by atoms with E-state index in [0.29, 0.717) is 0 Å². The molecule has 0 saturated carbocycles. The lowest BCUT2D eigenvalue weighted by molar-refractivity contribution is 1.55. The van der Waals surface area contributed by atoms with Crippen molar-refractivity contribution in [3.8, 4) is 77.9 Å². The molecule has 0 heteroatoms. The van der Waals surface area contributed by atoms with Gasteiger partial charge in [-0.3, -0.25) is 0 Å². The number of rotatable bonds is 7. The van der Waals surface area contributed by atoms with Crippen LogP contribution >= 0.6 is 0 Å². The first-order valence-corrected chi connectivity index (χ1v) is 19.3. The molecule has 0 N–H and O–H groups in total. The smallest absolute Gasteiger partial charge is 0.00201 e. The average Bonchev–Trinajstić information content (AvgIpc) is 3.29. The predicted molar refractivity (Wildman–Crippen MR) is 240 cm³/mol. The highest BCUT2D eigenvalue weighted by Crippen LogP contribution is 2.46. The van der Waals surface area contributed by atoms with Crippen LogP contribution in [-0.4, -0.2) is 0 Å². The van der Waals surface area contributed by atoms with Crippen molar-refractivity contribution in [1.29, 1.82) is 0 Å². The summed E-state index contributed by atoms with van der Waals surface area (Å²) in [5.74, 6) is 0. The quantitative estimate of drug-likeness (QED) is 0.144. The van der Waals surface area contributed by atoms with E-state index in [9.17, 15) is 0 Å². The van der Waals surface area contributed by atoms with Crippen LogP contribution in [0.1, 0.15) is 0 Å². The maximum Gasteiger partial charge on any atom is -0.00201 e. The van der Waals surface area contributed by atoms with Crippen LogP contribution in [0.3, 0.4) is 0 Å². The Balaban J connectivity index is 1.16. The Kier molecular flexibility index (Phi) is 8.63. The van der Waals surface area contributed by atoms with Gasteiger partial charge in [-0.2, -0.15) is 0 Å². The van der Waals surface area contributed by atoms with E-state index in [0.717, 1.165) is 0 Å². The molecule has 0 radical (unpaired) electrons. The van der Waals surface area contributed by atoms with Crippen LogP contribution < -0.4 is 0 Å². The summed E-state index contributed by atoms with van der Waals surface area (Å²) >= 11 is 0. The Morgan fingerprint density at radius 1 is 0.161 bits per heavy atom. The van der Waals surface area contributed by atoms with Gasteiger partial charge in [0.1, 0.15) is 0 Å². The molecule has 0 unspecified atom stereocenters. The predicted octanol–water partition coefficient (Wildman–Crippen LogP) is 15.7. The first-order chi connectivity index (χ1) is 27.8. The molecule has 0 saturated heterocycles. The monoisotopic (exact) mass is 710 g/mol. The summed E-state index contributed by atoms with van der Waals surface area (Å²) in [6.45, 7) is 0. The highest BCUT2D eigenvalue weighted by atomic mass is 14.2. The molecule has 0 spiro atoms. The minimum atomic E-state index is 1.19. The van der Waals surface area contributed by atoms with Gasteiger partial charge in [-0.1, -0.05) is 200 Å². The molecule has 0 fully saturated rings. The molecule has 0 aliphatic heterocycles. The minimum Gasteiger partial charge on any atom is -0.0622 e. The SMILES string of the molecule is c1ccc(-c2cccc(-c3cc(-c4ccccc4)cc(-c4cccc(-c5c6ccccc6c(-c6ccccc6-c6ccccc6)c6ccccc56)c4)c3)c2)cc1. The van der Waals surface area contributed by atoms with Crippen LogP contribution in [0.5, 0.6) is 0 Å². The Morgan fingerprint density at radius 3 is 0.982 bits per heavy atom. The fourth-order valence-electron chi connectivity index (χ4n) is 8.42. The molecule has 0 bridgehead atoms. The summed E-state index contributed by atoms with van der Waals surface area (Å²) in [7, 11) is 0. The standard InChI is InChI=1S/C56H38/c1-4-18-39(19-5-1)42-24-16-25-43(34-42)47-36-46(40-20-6-2-7-21-40)37-48(38-47)44-26-17-27-45(35-44)55-51-30-12-14-32-53(51)56(54-33-15-13-31-52(54)55)50-29-11-10-28-49(50)41-22-8-3-9-23-41/h1-38H. The van der Waals surface area contributed by atoms with Gasteiger partial charge in [0.25, 0.3) is 0 Å². The summed E-state index contributed by atoms with van der Waals surface area (Å²) in [6, 6.07) is 84.0. The van der Waals surface area contributed by atoms with Gasteiger partial charge < -0.3 is 0 Å². The minimum absolute atomic E-state index is 1.19. The summed E-state index contributed by atoms with van der Waals surface area (Å²) in [5.41, 5.74) is 17.0. The lowest BCUT2D eigenvalue weighted by Crippen LogP contribution is -1.93. The summed E-state index contributed by atoms with van der Waals surface area (Å²) in [5, 5.41) is 5.00. The fourth-order valence-corrected chi connectivity index (χ4v) is 8.42. The second-order valence-corrected chi connectivity index (χ2v) is 14.4. The Morgan fingerprint density at radius 2 is 0.464 bits per heavy atom. The number of hydrogen-bond donors (Lipinski definition) is 0. The van der Waals surface area contributed by atoms with E-state index in [1.165, 1.54) is 99.4 Å².